The SMILES string of the molecule is CCC(C(=O)NC)N(Cc1ccccc1)C(=O)CCSc1ccccc1. The number of amides is 2. The number of rotatable bonds is 9. The number of hydrogen-bond donors (Lipinski definition) is 1. The molecule has 1 N–H and O–H groups in total. The van der Waals surface area contributed by atoms with E-state index in [1.54, 1.807) is 23.7 Å². The first-order valence-electron chi connectivity index (χ1n) is 8.88. The summed E-state index contributed by atoms with van der Waals surface area (Å²) >= 11 is 1.66. The lowest BCUT2D eigenvalue weighted by Crippen LogP contribution is -2.48. The molecule has 0 aliphatic carbocycles. The molecule has 0 aliphatic rings. The molecule has 1 atom stereocenters. The second kappa shape index (κ2) is 10.7. The van der Waals surface area contributed by atoms with Crippen molar-refractivity contribution in [1.82, 2.24) is 10.2 Å². The van der Waals surface area contributed by atoms with Crippen LogP contribution in [-0.2, 0) is 16.1 Å². The van der Waals surface area contributed by atoms with Gasteiger partial charge in [-0.25, -0.2) is 0 Å². The maximum absolute atomic E-state index is 12.9. The van der Waals surface area contributed by atoms with Crippen molar-refractivity contribution in [3.63, 3.8) is 0 Å². The van der Waals surface area contributed by atoms with Gasteiger partial charge in [-0.3, -0.25) is 9.59 Å². The van der Waals surface area contributed by atoms with Gasteiger partial charge < -0.3 is 10.2 Å². The lowest BCUT2D eigenvalue weighted by atomic mass is 10.1. The molecule has 0 fully saturated rings. The molecule has 2 rings (SSSR count). The first kappa shape index (κ1) is 20.0. The van der Waals surface area contributed by atoms with E-state index in [9.17, 15) is 9.59 Å². The summed E-state index contributed by atoms with van der Waals surface area (Å²) in [6.07, 6.45) is 0.990. The van der Waals surface area contributed by atoms with Crippen LogP contribution in [0.15, 0.2) is 65.6 Å². The van der Waals surface area contributed by atoms with Crippen molar-refractivity contribution < 1.29 is 9.59 Å². The Bertz CT molecular complexity index is 692. The highest BCUT2D eigenvalue weighted by atomic mass is 32.2. The molecule has 0 heterocycles. The minimum absolute atomic E-state index is 0.00716. The Kier molecular flexibility index (Phi) is 8.22. The first-order chi connectivity index (χ1) is 12.7. The molecule has 0 saturated heterocycles. The summed E-state index contributed by atoms with van der Waals surface area (Å²) in [6, 6.07) is 19.4. The Morgan fingerprint density at radius 3 is 2.23 bits per heavy atom. The van der Waals surface area contributed by atoms with Crippen LogP contribution in [0, 0.1) is 0 Å². The van der Waals surface area contributed by atoms with Crippen molar-refractivity contribution in [2.24, 2.45) is 0 Å². The number of nitrogens with one attached hydrogen (secondary N) is 1. The Morgan fingerprint density at radius 1 is 1.04 bits per heavy atom. The van der Waals surface area contributed by atoms with Crippen molar-refractivity contribution >= 4 is 23.6 Å². The number of thioether (sulfide) groups is 1. The number of likely N-dealkylation sites (N-methyl/N-ethyl adjacent to an activating group) is 1. The topological polar surface area (TPSA) is 49.4 Å². The smallest absolute Gasteiger partial charge is 0.242 e. The number of nitrogens with zero attached hydrogens (tertiary/aromatic N) is 1. The Labute approximate surface area is 160 Å². The predicted molar refractivity (Wildman–Crippen MR) is 107 cm³/mol. The van der Waals surface area contributed by atoms with Crippen molar-refractivity contribution in [2.45, 2.75) is 37.2 Å². The molecule has 0 aromatic heterocycles. The van der Waals surface area contributed by atoms with E-state index in [0.29, 0.717) is 25.1 Å². The molecular weight excluding hydrogens is 344 g/mol. The average Bonchev–Trinajstić information content (AvgIpc) is 2.69. The largest absolute Gasteiger partial charge is 0.357 e. The highest BCUT2D eigenvalue weighted by molar-refractivity contribution is 7.99. The van der Waals surface area contributed by atoms with Crippen LogP contribution in [0.1, 0.15) is 25.3 Å². The van der Waals surface area contributed by atoms with Crippen LogP contribution in [0.5, 0.6) is 0 Å². The molecule has 2 aromatic rings. The number of carbonyl (C=O) groups excluding carboxylic acids is 2. The van der Waals surface area contributed by atoms with Gasteiger partial charge in [0.15, 0.2) is 0 Å². The van der Waals surface area contributed by atoms with Crippen molar-refractivity contribution in [1.29, 1.82) is 0 Å². The highest BCUT2D eigenvalue weighted by Gasteiger charge is 2.27. The van der Waals surface area contributed by atoms with Gasteiger partial charge in [-0.1, -0.05) is 55.5 Å². The van der Waals surface area contributed by atoms with E-state index in [-0.39, 0.29) is 11.8 Å². The van der Waals surface area contributed by atoms with E-state index in [2.05, 4.69) is 5.32 Å². The Morgan fingerprint density at radius 2 is 1.65 bits per heavy atom. The van der Waals surface area contributed by atoms with Crippen LogP contribution in [0.3, 0.4) is 0 Å². The summed E-state index contributed by atoms with van der Waals surface area (Å²) < 4.78 is 0. The zero-order valence-corrected chi connectivity index (χ0v) is 16.2. The maximum atomic E-state index is 12.9. The summed E-state index contributed by atoms with van der Waals surface area (Å²) in [5.41, 5.74) is 1.03. The van der Waals surface area contributed by atoms with E-state index in [4.69, 9.17) is 0 Å². The minimum Gasteiger partial charge on any atom is -0.357 e. The van der Waals surface area contributed by atoms with Gasteiger partial charge in [0.05, 0.1) is 0 Å². The molecule has 0 saturated carbocycles. The van der Waals surface area contributed by atoms with Crippen molar-refractivity contribution in [3.8, 4) is 0 Å². The van der Waals surface area contributed by atoms with Crippen LogP contribution < -0.4 is 5.32 Å². The number of hydrogen-bond acceptors (Lipinski definition) is 3. The van der Waals surface area contributed by atoms with Crippen LogP contribution in [0.2, 0.25) is 0 Å². The lowest BCUT2D eigenvalue weighted by Gasteiger charge is -2.30. The zero-order chi connectivity index (χ0) is 18.8. The molecule has 0 radical (unpaired) electrons. The monoisotopic (exact) mass is 370 g/mol. The molecule has 0 spiro atoms. The van der Waals surface area contributed by atoms with Crippen LogP contribution in [0.25, 0.3) is 0 Å². The average molecular weight is 371 g/mol. The molecule has 5 heteroatoms. The van der Waals surface area contributed by atoms with Gasteiger partial charge in [0.25, 0.3) is 0 Å². The fourth-order valence-electron chi connectivity index (χ4n) is 2.78. The normalized spacial score (nSPS) is 11.6. The summed E-state index contributed by atoms with van der Waals surface area (Å²) in [4.78, 5) is 28.0. The number of carbonyl (C=O) groups is 2. The van der Waals surface area contributed by atoms with E-state index in [0.717, 1.165) is 10.5 Å². The second-order valence-electron chi connectivity index (χ2n) is 5.96. The molecule has 0 aliphatic heterocycles. The summed E-state index contributed by atoms with van der Waals surface area (Å²) in [7, 11) is 1.61. The van der Waals surface area contributed by atoms with Gasteiger partial charge in [0.2, 0.25) is 11.8 Å². The molecule has 1 unspecified atom stereocenters. The van der Waals surface area contributed by atoms with E-state index in [1.165, 1.54) is 0 Å². The van der Waals surface area contributed by atoms with Crippen molar-refractivity contribution in [2.75, 3.05) is 12.8 Å². The highest BCUT2D eigenvalue weighted by Crippen LogP contribution is 2.20. The van der Waals surface area contributed by atoms with E-state index in [1.807, 2.05) is 67.6 Å². The summed E-state index contributed by atoms with van der Waals surface area (Å²) in [5.74, 6) is 0.582. The fourth-order valence-corrected chi connectivity index (χ4v) is 3.64. The molecule has 138 valence electrons. The first-order valence-corrected chi connectivity index (χ1v) is 9.87. The van der Waals surface area contributed by atoms with Gasteiger partial charge in [-0.05, 0) is 24.1 Å². The second-order valence-corrected chi connectivity index (χ2v) is 7.13. The third-order valence-corrected chi connectivity index (χ3v) is 5.17. The quantitative estimate of drug-likeness (QED) is 0.685. The lowest BCUT2D eigenvalue weighted by molar-refractivity contribution is -0.140. The van der Waals surface area contributed by atoms with Gasteiger partial charge in [-0.2, -0.15) is 0 Å². The van der Waals surface area contributed by atoms with Gasteiger partial charge in [0.1, 0.15) is 6.04 Å². The van der Waals surface area contributed by atoms with Crippen molar-refractivity contribution in [3.05, 3.63) is 66.2 Å². The molecule has 0 bridgehead atoms. The molecule has 2 aromatic carbocycles. The van der Waals surface area contributed by atoms with Crippen LogP contribution in [-0.4, -0.2) is 35.6 Å². The van der Waals surface area contributed by atoms with E-state index >= 15 is 0 Å². The zero-order valence-electron chi connectivity index (χ0n) is 15.4. The van der Waals surface area contributed by atoms with Gasteiger partial charge in [-0.15, -0.1) is 11.8 Å². The number of benzene rings is 2. The third-order valence-electron chi connectivity index (χ3n) is 4.16. The minimum atomic E-state index is -0.450. The van der Waals surface area contributed by atoms with Crippen LogP contribution in [0.4, 0.5) is 0 Å². The molecule has 2 amide bonds. The Balaban J connectivity index is 2.05. The fraction of sp³-hybridized carbons (Fsp3) is 0.333. The predicted octanol–water partition coefficient (Wildman–Crippen LogP) is 3.72. The Hall–Kier alpha value is -2.27. The summed E-state index contributed by atoms with van der Waals surface area (Å²) in [6.45, 7) is 2.38. The van der Waals surface area contributed by atoms with Gasteiger partial charge in [0, 0.05) is 30.7 Å². The molecule has 26 heavy (non-hydrogen) atoms. The maximum Gasteiger partial charge on any atom is 0.242 e. The van der Waals surface area contributed by atoms with Gasteiger partial charge >= 0.3 is 0 Å². The molecular formula is C21H26N2O2S. The summed E-state index contributed by atoms with van der Waals surface area (Å²) in [5, 5.41) is 2.68. The van der Waals surface area contributed by atoms with Crippen LogP contribution >= 0.6 is 11.8 Å². The third kappa shape index (κ3) is 5.92. The van der Waals surface area contributed by atoms with E-state index < -0.39 is 6.04 Å². The molecule has 4 nitrogen and oxygen atoms in total. The standard InChI is InChI=1S/C21H26N2O2S/c1-3-19(21(25)22-2)23(16-17-10-6-4-7-11-17)20(24)14-15-26-18-12-8-5-9-13-18/h4-13,19H,3,14-16H2,1-2H3,(H,22,25).